The molecule has 1 amide bonds. The molecule has 0 radical (unpaired) electrons. The number of sulfonamides is 1. The van der Waals surface area contributed by atoms with Gasteiger partial charge in [-0.15, -0.1) is 0 Å². The number of piperazine rings is 1. The summed E-state index contributed by atoms with van der Waals surface area (Å²) < 4.78 is 28.3. The van der Waals surface area contributed by atoms with Crippen LogP contribution in [0.5, 0.6) is 0 Å². The second-order valence-corrected chi connectivity index (χ2v) is 8.63. The second kappa shape index (κ2) is 5.52. The first kappa shape index (κ1) is 16.5. The summed E-state index contributed by atoms with van der Waals surface area (Å²) in [7, 11) is -1.93. The first-order valence-electron chi connectivity index (χ1n) is 8.43. The molecule has 0 spiro atoms. The largest absolute Gasteiger partial charge is 0.311 e. The molecule has 1 N–H and O–H groups in total. The molecule has 0 aromatic heterocycles. The Morgan fingerprint density at radius 2 is 1.92 bits per heavy atom. The van der Waals surface area contributed by atoms with Crippen LogP contribution in [0.15, 0.2) is 35.2 Å². The van der Waals surface area contributed by atoms with Gasteiger partial charge in [0.2, 0.25) is 10.0 Å². The number of carbonyl (C=O) groups excluding carboxylic acids is 1. The summed E-state index contributed by atoms with van der Waals surface area (Å²) in [5.41, 5.74) is 1.32. The Bertz CT molecular complexity index is 986. The number of nitrogens with zero attached hydrogens (tertiary/aromatic N) is 2. The molecule has 2 aromatic carbocycles. The molecule has 1 saturated heterocycles. The first-order chi connectivity index (χ1) is 11.8. The van der Waals surface area contributed by atoms with Crippen molar-refractivity contribution in [1.29, 1.82) is 0 Å². The van der Waals surface area contributed by atoms with Gasteiger partial charge in [0.25, 0.3) is 5.91 Å². The van der Waals surface area contributed by atoms with Gasteiger partial charge in [-0.25, -0.2) is 8.42 Å². The summed E-state index contributed by atoms with van der Waals surface area (Å²) in [4.78, 5) is 14.2. The topological polar surface area (TPSA) is 69.7 Å². The quantitative estimate of drug-likeness (QED) is 0.888. The minimum atomic E-state index is -3.65. The zero-order valence-electron chi connectivity index (χ0n) is 14.5. The SMILES string of the molecule is CC1NCCN(S(=O)(=O)c2ccc3c4c(cccc24)C(=O)N3C)C1C. The lowest BCUT2D eigenvalue weighted by atomic mass is 10.1. The number of benzene rings is 2. The average Bonchev–Trinajstić information content (AvgIpc) is 2.84. The molecule has 1 fully saturated rings. The van der Waals surface area contributed by atoms with Crippen molar-refractivity contribution in [2.24, 2.45) is 0 Å². The number of hydrogen-bond donors (Lipinski definition) is 1. The van der Waals surface area contributed by atoms with E-state index in [9.17, 15) is 13.2 Å². The van der Waals surface area contributed by atoms with Gasteiger partial charge in [-0.2, -0.15) is 4.31 Å². The molecule has 25 heavy (non-hydrogen) atoms. The second-order valence-electron chi connectivity index (χ2n) is 6.77. The highest BCUT2D eigenvalue weighted by atomic mass is 32.2. The van der Waals surface area contributed by atoms with Gasteiger partial charge in [-0.3, -0.25) is 4.79 Å². The van der Waals surface area contributed by atoms with E-state index in [-0.39, 0.29) is 22.9 Å². The lowest BCUT2D eigenvalue weighted by Gasteiger charge is -2.37. The van der Waals surface area contributed by atoms with Gasteiger partial charge in [0.1, 0.15) is 0 Å². The van der Waals surface area contributed by atoms with Gasteiger partial charge >= 0.3 is 0 Å². The molecular weight excluding hydrogens is 338 g/mol. The third kappa shape index (κ3) is 2.23. The minimum Gasteiger partial charge on any atom is -0.311 e. The fraction of sp³-hybridized carbons (Fsp3) is 0.389. The molecule has 0 bridgehead atoms. The summed E-state index contributed by atoms with van der Waals surface area (Å²) in [6.07, 6.45) is 0. The fourth-order valence-electron chi connectivity index (χ4n) is 3.83. The Hall–Kier alpha value is -1.96. The van der Waals surface area contributed by atoms with E-state index in [0.29, 0.717) is 24.0 Å². The van der Waals surface area contributed by atoms with Crippen molar-refractivity contribution in [2.75, 3.05) is 25.0 Å². The van der Waals surface area contributed by atoms with Crippen molar-refractivity contribution in [3.63, 3.8) is 0 Å². The average molecular weight is 359 g/mol. The van der Waals surface area contributed by atoms with Gasteiger partial charge < -0.3 is 10.2 Å². The highest BCUT2D eigenvalue weighted by Crippen LogP contribution is 2.40. The molecule has 2 heterocycles. The number of amides is 1. The lowest BCUT2D eigenvalue weighted by molar-refractivity contribution is 0.0999. The van der Waals surface area contributed by atoms with Crippen LogP contribution in [0.3, 0.4) is 0 Å². The molecule has 0 saturated carbocycles. The monoisotopic (exact) mass is 359 g/mol. The van der Waals surface area contributed by atoms with Gasteiger partial charge in [-0.1, -0.05) is 12.1 Å². The zero-order chi connectivity index (χ0) is 17.9. The molecule has 0 aliphatic carbocycles. The van der Waals surface area contributed by atoms with Crippen LogP contribution >= 0.6 is 0 Å². The third-order valence-electron chi connectivity index (χ3n) is 5.44. The van der Waals surface area contributed by atoms with E-state index >= 15 is 0 Å². The van der Waals surface area contributed by atoms with Crippen molar-refractivity contribution in [1.82, 2.24) is 9.62 Å². The highest BCUT2D eigenvalue weighted by Gasteiger charge is 2.37. The van der Waals surface area contributed by atoms with Crippen molar-refractivity contribution in [3.05, 3.63) is 35.9 Å². The molecular formula is C18H21N3O3S. The molecule has 2 atom stereocenters. The number of nitrogens with one attached hydrogen (secondary N) is 1. The first-order valence-corrected chi connectivity index (χ1v) is 9.87. The Kier molecular flexibility index (Phi) is 3.64. The van der Waals surface area contributed by atoms with Crippen LogP contribution in [0.2, 0.25) is 0 Å². The van der Waals surface area contributed by atoms with E-state index in [4.69, 9.17) is 0 Å². The molecule has 2 aliphatic heterocycles. The smallest absolute Gasteiger partial charge is 0.258 e. The van der Waals surface area contributed by atoms with Crippen LogP contribution in [0.25, 0.3) is 10.8 Å². The lowest BCUT2D eigenvalue weighted by Crippen LogP contribution is -2.57. The van der Waals surface area contributed by atoms with Crippen molar-refractivity contribution in [3.8, 4) is 0 Å². The molecule has 6 nitrogen and oxygen atoms in total. The summed E-state index contributed by atoms with van der Waals surface area (Å²) in [5, 5.41) is 4.65. The van der Waals surface area contributed by atoms with E-state index < -0.39 is 10.0 Å². The van der Waals surface area contributed by atoms with Crippen LogP contribution in [-0.2, 0) is 10.0 Å². The van der Waals surface area contributed by atoms with Crippen LogP contribution in [-0.4, -0.2) is 50.9 Å². The molecule has 4 rings (SSSR count). The summed E-state index contributed by atoms with van der Waals surface area (Å²) in [5.74, 6) is -0.0979. The van der Waals surface area contributed by atoms with Gasteiger partial charge in [0.05, 0.1) is 10.6 Å². The molecule has 7 heteroatoms. The summed E-state index contributed by atoms with van der Waals surface area (Å²) in [6, 6.07) is 8.62. The van der Waals surface area contributed by atoms with E-state index in [0.717, 1.165) is 11.1 Å². The molecule has 2 aliphatic rings. The Morgan fingerprint density at radius 3 is 2.68 bits per heavy atom. The zero-order valence-corrected chi connectivity index (χ0v) is 15.3. The number of hydrogen-bond acceptors (Lipinski definition) is 4. The van der Waals surface area contributed by atoms with Crippen LogP contribution in [0.4, 0.5) is 5.69 Å². The maximum Gasteiger partial charge on any atom is 0.258 e. The third-order valence-corrected chi connectivity index (χ3v) is 7.48. The molecule has 2 aromatic rings. The van der Waals surface area contributed by atoms with Gasteiger partial charge in [0.15, 0.2) is 0 Å². The fourth-order valence-corrected chi connectivity index (χ4v) is 5.72. The standard InChI is InChI=1S/C18H21N3O3S/c1-11-12(2)21(10-9-19-11)25(23,24)16-8-7-15-17-13(16)5-4-6-14(17)18(22)20(15)3/h4-8,11-12,19H,9-10H2,1-3H3. The highest BCUT2D eigenvalue weighted by molar-refractivity contribution is 7.89. The number of rotatable bonds is 2. The summed E-state index contributed by atoms with van der Waals surface area (Å²) >= 11 is 0. The predicted octanol–water partition coefficient (Wildman–Crippen LogP) is 1.80. The Balaban J connectivity index is 1.93. The maximum atomic E-state index is 13.4. The predicted molar refractivity (Wildman–Crippen MR) is 97.5 cm³/mol. The van der Waals surface area contributed by atoms with Crippen LogP contribution in [0, 0.1) is 0 Å². The maximum absolute atomic E-state index is 13.4. The molecule has 132 valence electrons. The summed E-state index contributed by atoms with van der Waals surface area (Å²) in [6.45, 7) is 4.99. The van der Waals surface area contributed by atoms with Gasteiger partial charge in [0, 0.05) is 48.6 Å². The number of carbonyl (C=O) groups is 1. The van der Waals surface area contributed by atoms with Crippen LogP contribution < -0.4 is 10.2 Å². The van der Waals surface area contributed by atoms with Crippen molar-refractivity contribution >= 4 is 32.4 Å². The van der Waals surface area contributed by atoms with E-state index in [1.165, 1.54) is 0 Å². The van der Waals surface area contributed by atoms with E-state index in [1.54, 1.807) is 46.6 Å². The number of anilines is 1. The van der Waals surface area contributed by atoms with Crippen molar-refractivity contribution in [2.45, 2.75) is 30.8 Å². The van der Waals surface area contributed by atoms with Crippen LogP contribution in [0.1, 0.15) is 24.2 Å². The van der Waals surface area contributed by atoms with E-state index in [2.05, 4.69) is 5.32 Å². The normalized spacial score (nSPS) is 24.3. The Morgan fingerprint density at radius 1 is 1.16 bits per heavy atom. The van der Waals surface area contributed by atoms with Gasteiger partial charge in [-0.05, 0) is 32.0 Å². The van der Waals surface area contributed by atoms with E-state index in [1.807, 2.05) is 13.8 Å². The minimum absolute atomic E-state index is 0.0908. The molecule has 2 unspecified atom stereocenters. The van der Waals surface area contributed by atoms with Crippen molar-refractivity contribution < 1.29 is 13.2 Å². The Labute approximate surface area is 147 Å².